The number of unbranched alkanes of at least 4 members (excludes halogenated alkanes) is 28. The molecule has 51 heavy (non-hydrogen) atoms. The summed E-state index contributed by atoms with van der Waals surface area (Å²) in [6.07, 6.45) is 38.5. The summed E-state index contributed by atoms with van der Waals surface area (Å²) in [5.74, 6) is -0.838. The quantitative estimate of drug-likeness (QED) is 0.0275. The van der Waals surface area contributed by atoms with Crippen LogP contribution in [0.15, 0.2) is 12.2 Å². The van der Waals surface area contributed by atoms with Crippen molar-refractivity contribution < 1.29 is 30.3 Å². The Labute approximate surface area is 315 Å². The van der Waals surface area contributed by atoms with Crippen LogP contribution in [-0.4, -0.2) is 68.5 Å². The van der Waals surface area contributed by atoms with Crippen LogP contribution >= 0.6 is 0 Å². The second-order valence-corrected chi connectivity index (χ2v) is 15.5. The summed E-state index contributed by atoms with van der Waals surface area (Å²) in [4.78, 5) is 12.5. The van der Waals surface area contributed by atoms with Gasteiger partial charge in [0.05, 0.1) is 24.9 Å². The number of amides is 1. The summed E-state index contributed by atoms with van der Waals surface area (Å²) in [6, 6.07) is -1.11. The maximum Gasteiger partial charge on any atom is 0.251 e. The third-order valence-electron chi connectivity index (χ3n) is 10.6. The van der Waals surface area contributed by atoms with Gasteiger partial charge in [-0.3, -0.25) is 4.79 Å². The Morgan fingerprint density at radius 2 is 0.784 bits per heavy atom. The molecule has 0 aliphatic heterocycles. The van der Waals surface area contributed by atoms with E-state index >= 15 is 0 Å². The number of aliphatic hydroxyl groups is 5. The molecule has 0 fully saturated rings. The standard InChI is InChI=1S/C44H87NO6/c1-3-5-7-9-11-13-15-17-18-19-20-21-22-23-24-25-27-29-31-33-35-37-41(48)43(50)44(51)45-39(38-46)42(49)40(47)36-34-32-30-28-26-16-14-12-10-8-6-4-2/h14,16,39-43,46-50H,3-13,15,17-38H2,1-2H3,(H,45,51). The first-order valence-corrected chi connectivity index (χ1v) is 22.2. The van der Waals surface area contributed by atoms with Crippen molar-refractivity contribution in [3.05, 3.63) is 12.2 Å². The normalized spacial score (nSPS) is 14.9. The molecule has 0 rings (SSSR count). The van der Waals surface area contributed by atoms with Gasteiger partial charge in [0, 0.05) is 0 Å². The van der Waals surface area contributed by atoms with Crippen LogP contribution in [0.5, 0.6) is 0 Å². The van der Waals surface area contributed by atoms with E-state index in [1.165, 1.54) is 141 Å². The molecular weight excluding hydrogens is 638 g/mol. The van der Waals surface area contributed by atoms with Crippen LogP contribution in [0.2, 0.25) is 0 Å². The number of allylic oxidation sites excluding steroid dienone is 2. The van der Waals surface area contributed by atoms with Gasteiger partial charge < -0.3 is 30.8 Å². The first kappa shape index (κ1) is 50.0. The fraction of sp³-hybridized carbons (Fsp3) is 0.932. The molecule has 6 N–H and O–H groups in total. The van der Waals surface area contributed by atoms with E-state index in [0.29, 0.717) is 12.8 Å². The van der Waals surface area contributed by atoms with Crippen LogP contribution in [0.1, 0.15) is 226 Å². The zero-order valence-electron chi connectivity index (χ0n) is 33.7. The van der Waals surface area contributed by atoms with Gasteiger partial charge in [-0.25, -0.2) is 0 Å². The van der Waals surface area contributed by atoms with Crippen molar-refractivity contribution in [2.75, 3.05) is 6.61 Å². The number of hydrogen-bond donors (Lipinski definition) is 6. The lowest BCUT2D eigenvalue weighted by Gasteiger charge is -2.28. The van der Waals surface area contributed by atoms with E-state index in [9.17, 15) is 30.3 Å². The third kappa shape index (κ3) is 32.2. The van der Waals surface area contributed by atoms with Gasteiger partial charge >= 0.3 is 0 Å². The summed E-state index contributed by atoms with van der Waals surface area (Å²) < 4.78 is 0. The van der Waals surface area contributed by atoms with Gasteiger partial charge in [-0.05, 0) is 38.5 Å². The predicted molar refractivity (Wildman–Crippen MR) is 216 cm³/mol. The van der Waals surface area contributed by atoms with E-state index in [1.54, 1.807) is 0 Å². The highest BCUT2D eigenvalue weighted by Gasteiger charge is 2.31. The Balaban J connectivity index is 3.79. The molecular formula is C44H87NO6. The average molecular weight is 726 g/mol. The first-order valence-electron chi connectivity index (χ1n) is 22.2. The van der Waals surface area contributed by atoms with E-state index in [1.807, 2.05) is 0 Å². The van der Waals surface area contributed by atoms with Crippen LogP contribution < -0.4 is 5.32 Å². The smallest absolute Gasteiger partial charge is 0.251 e. The van der Waals surface area contributed by atoms with Gasteiger partial charge in [0.15, 0.2) is 6.10 Å². The number of hydrogen-bond acceptors (Lipinski definition) is 6. The first-order chi connectivity index (χ1) is 24.9. The number of aliphatic hydroxyl groups excluding tert-OH is 5. The molecule has 0 bridgehead atoms. The van der Waals surface area contributed by atoms with Gasteiger partial charge in [0.25, 0.3) is 5.91 Å². The lowest BCUT2D eigenvalue weighted by Crippen LogP contribution is -2.54. The van der Waals surface area contributed by atoms with Gasteiger partial charge in [-0.15, -0.1) is 0 Å². The Hall–Kier alpha value is -0.990. The van der Waals surface area contributed by atoms with Gasteiger partial charge in [0.2, 0.25) is 0 Å². The Morgan fingerprint density at radius 1 is 0.471 bits per heavy atom. The molecule has 0 saturated carbocycles. The van der Waals surface area contributed by atoms with Crippen molar-refractivity contribution in [2.45, 2.75) is 256 Å². The Kier molecular flexibility index (Phi) is 38.0. The largest absolute Gasteiger partial charge is 0.394 e. The third-order valence-corrected chi connectivity index (χ3v) is 10.6. The molecule has 0 aromatic carbocycles. The number of carbonyl (C=O) groups excluding carboxylic acids is 1. The maximum atomic E-state index is 12.5. The molecule has 0 saturated heterocycles. The number of carbonyl (C=O) groups is 1. The molecule has 0 aliphatic rings. The Bertz CT molecular complexity index is 749. The summed E-state index contributed by atoms with van der Waals surface area (Å²) in [6.45, 7) is 3.93. The van der Waals surface area contributed by atoms with Crippen molar-refractivity contribution >= 4 is 5.91 Å². The van der Waals surface area contributed by atoms with Crippen LogP contribution in [-0.2, 0) is 4.79 Å². The lowest BCUT2D eigenvalue weighted by atomic mass is 9.99. The van der Waals surface area contributed by atoms with E-state index < -0.39 is 43.0 Å². The Morgan fingerprint density at radius 3 is 1.16 bits per heavy atom. The number of nitrogens with one attached hydrogen (secondary N) is 1. The van der Waals surface area contributed by atoms with Crippen LogP contribution in [0.3, 0.4) is 0 Å². The summed E-state index contributed by atoms with van der Waals surface area (Å²) >= 11 is 0. The fourth-order valence-corrected chi connectivity index (χ4v) is 6.96. The minimum atomic E-state index is -1.64. The molecule has 5 atom stereocenters. The molecule has 7 heteroatoms. The number of rotatable bonds is 40. The molecule has 0 spiro atoms. The van der Waals surface area contributed by atoms with Gasteiger partial charge in [-0.2, -0.15) is 0 Å². The lowest BCUT2D eigenvalue weighted by molar-refractivity contribution is -0.138. The monoisotopic (exact) mass is 726 g/mol. The van der Waals surface area contributed by atoms with Gasteiger partial charge in [0.1, 0.15) is 6.10 Å². The van der Waals surface area contributed by atoms with Crippen LogP contribution in [0, 0.1) is 0 Å². The molecule has 0 radical (unpaired) electrons. The predicted octanol–water partition coefficient (Wildman–Crippen LogP) is 10.4. The zero-order chi connectivity index (χ0) is 37.6. The second kappa shape index (κ2) is 38.7. The topological polar surface area (TPSA) is 130 Å². The molecule has 0 aliphatic carbocycles. The van der Waals surface area contributed by atoms with Crippen molar-refractivity contribution in [3.8, 4) is 0 Å². The van der Waals surface area contributed by atoms with E-state index in [4.69, 9.17) is 0 Å². The summed E-state index contributed by atoms with van der Waals surface area (Å²) in [5.41, 5.74) is 0. The molecule has 7 nitrogen and oxygen atoms in total. The molecule has 5 unspecified atom stereocenters. The maximum absolute atomic E-state index is 12.5. The molecule has 304 valence electrons. The minimum absolute atomic E-state index is 0.317. The van der Waals surface area contributed by atoms with Crippen molar-refractivity contribution in [2.24, 2.45) is 0 Å². The van der Waals surface area contributed by atoms with E-state index in [0.717, 1.165) is 57.8 Å². The highest BCUT2D eigenvalue weighted by molar-refractivity contribution is 5.81. The molecule has 0 heterocycles. The second-order valence-electron chi connectivity index (χ2n) is 15.5. The van der Waals surface area contributed by atoms with E-state index in [2.05, 4.69) is 31.3 Å². The highest BCUT2D eigenvalue weighted by Crippen LogP contribution is 2.17. The summed E-state index contributed by atoms with van der Waals surface area (Å²) in [7, 11) is 0. The average Bonchev–Trinajstić information content (AvgIpc) is 3.13. The van der Waals surface area contributed by atoms with Gasteiger partial charge in [-0.1, -0.05) is 199 Å². The molecule has 0 aromatic rings. The zero-order valence-corrected chi connectivity index (χ0v) is 33.7. The van der Waals surface area contributed by atoms with Crippen molar-refractivity contribution in [3.63, 3.8) is 0 Å². The van der Waals surface area contributed by atoms with Crippen LogP contribution in [0.4, 0.5) is 0 Å². The SMILES string of the molecule is CCCCCCC=CCCCCCCC(O)C(O)C(CO)NC(=O)C(O)C(O)CCCCCCCCCCCCCCCCCCCCCCC. The minimum Gasteiger partial charge on any atom is -0.394 e. The van der Waals surface area contributed by atoms with Crippen LogP contribution in [0.25, 0.3) is 0 Å². The van der Waals surface area contributed by atoms with Crippen molar-refractivity contribution in [1.29, 1.82) is 0 Å². The molecule has 1 amide bonds. The highest BCUT2D eigenvalue weighted by atomic mass is 16.3. The van der Waals surface area contributed by atoms with E-state index in [-0.39, 0.29) is 0 Å². The fourth-order valence-electron chi connectivity index (χ4n) is 6.96. The summed E-state index contributed by atoms with van der Waals surface area (Å²) in [5, 5.41) is 53.9. The molecule has 0 aromatic heterocycles. The van der Waals surface area contributed by atoms with Crippen molar-refractivity contribution in [1.82, 2.24) is 5.32 Å².